The Morgan fingerprint density at radius 1 is 1.32 bits per heavy atom. The number of nitrogens with two attached hydrogens (primary N) is 1. The summed E-state index contributed by atoms with van der Waals surface area (Å²) in [5, 5.41) is 1.76. The van der Waals surface area contributed by atoms with Gasteiger partial charge in [0.05, 0.1) is 10.5 Å². The third kappa shape index (κ3) is 2.28. The second-order valence-electron chi connectivity index (χ2n) is 5.20. The van der Waals surface area contributed by atoms with Gasteiger partial charge in [0.1, 0.15) is 5.82 Å². The molecule has 1 aliphatic rings. The van der Waals surface area contributed by atoms with Gasteiger partial charge in [-0.1, -0.05) is 23.7 Å². The summed E-state index contributed by atoms with van der Waals surface area (Å²) < 4.78 is 0. The molecule has 2 aromatic rings. The molecule has 2 heterocycles. The second kappa shape index (κ2) is 4.99. The molecule has 0 radical (unpaired) electrons. The minimum Gasteiger partial charge on any atom is -0.356 e. The maximum atomic E-state index is 6.26. The van der Waals surface area contributed by atoms with Crippen molar-refractivity contribution in [1.82, 2.24) is 4.98 Å². The quantitative estimate of drug-likeness (QED) is 0.912. The number of anilines is 1. The van der Waals surface area contributed by atoms with Gasteiger partial charge < -0.3 is 10.6 Å². The van der Waals surface area contributed by atoms with E-state index >= 15 is 0 Å². The highest BCUT2D eigenvalue weighted by atomic mass is 35.5. The Morgan fingerprint density at radius 3 is 2.74 bits per heavy atom. The summed E-state index contributed by atoms with van der Waals surface area (Å²) in [5.41, 5.74) is 8.09. The van der Waals surface area contributed by atoms with Crippen LogP contribution in [-0.4, -0.2) is 18.1 Å². The molecular formula is C15H18ClN3. The van der Waals surface area contributed by atoms with Crippen molar-refractivity contribution in [2.75, 3.05) is 18.0 Å². The number of hydrogen-bond acceptors (Lipinski definition) is 3. The summed E-state index contributed by atoms with van der Waals surface area (Å²) in [6.45, 7) is 4.12. The molecule has 1 aromatic carbocycles. The number of halogens is 1. The van der Waals surface area contributed by atoms with Gasteiger partial charge in [0.15, 0.2) is 0 Å². The van der Waals surface area contributed by atoms with Crippen molar-refractivity contribution < 1.29 is 0 Å². The maximum absolute atomic E-state index is 6.26. The average Bonchev–Trinajstić information content (AvgIpc) is 2.91. The van der Waals surface area contributed by atoms with Crippen LogP contribution in [0, 0.1) is 0 Å². The highest BCUT2D eigenvalue weighted by Crippen LogP contribution is 2.32. The molecule has 1 saturated heterocycles. The van der Waals surface area contributed by atoms with Crippen LogP contribution in [0.4, 0.5) is 5.82 Å². The molecule has 100 valence electrons. The second-order valence-corrected chi connectivity index (χ2v) is 5.60. The Hall–Kier alpha value is -1.32. The highest BCUT2D eigenvalue weighted by Gasteiger charge is 2.20. The summed E-state index contributed by atoms with van der Waals surface area (Å²) in [6.07, 6.45) is 2.45. The van der Waals surface area contributed by atoms with Crippen LogP contribution < -0.4 is 10.6 Å². The summed E-state index contributed by atoms with van der Waals surface area (Å²) in [4.78, 5) is 7.11. The van der Waals surface area contributed by atoms with Crippen molar-refractivity contribution in [3.8, 4) is 0 Å². The number of benzene rings is 1. The first-order chi connectivity index (χ1) is 9.16. The Balaban J connectivity index is 2.21. The third-order valence-electron chi connectivity index (χ3n) is 3.70. The highest BCUT2D eigenvalue weighted by molar-refractivity contribution is 6.35. The van der Waals surface area contributed by atoms with Crippen LogP contribution in [0.15, 0.2) is 24.3 Å². The first kappa shape index (κ1) is 12.7. The fourth-order valence-corrected chi connectivity index (χ4v) is 2.91. The number of nitrogens with zero attached hydrogens (tertiary/aromatic N) is 2. The SMILES string of the molecule is C[C@H](N)c1cc2cccc(Cl)c2nc1N1CCCC1. The molecule has 0 amide bonds. The van der Waals surface area contributed by atoms with Crippen LogP contribution in [-0.2, 0) is 0 Å². The number of fused-ring (bicyclic) bond motifs is 1. The molecule has 0 spiro atoms. The Kier molecular flexibility index (Phi) is 3.33. The van der Waals surface area contributed by atoms with Crippen LogP contribution in [0.3, 0.4) is 0 Å². The molecule has 2 N–H and O–H groups in total. The van der Waals surface area contributed by atoms with Gasteiger partial charge in [-0.2, -0.15) is 0 Å². The number of rotatable bonds is 2. The Bertz CT molecular complexity index is 604. The van der Waals surface area contributed by atoms with E-state index in [1.165, 1.54) is 12.8 Å². The minimum atomic E-state index is -0.0218. The lowest BCUT2D eigenvalue weighted by Crippen LogP contribution is -2.22. The van der Waals surface area contributed by atoms with Crippen LogP contribution in [0.2, 0.25) is 5.02 Å². The lowest BCUT2D eigenvalue weighted by Gasteiger charge is -2.22. The molecule has 1 atom stereocenters. The smallest absolute Gasteiger partial charge is 0.134 e. The number of hydrogen-bond donors (Lipinski definition) is 1. The van der Waals surface area contributed by atoms with Crippen molar-refractivity contribution in [3.63, 3.8) is 0 Å². The van der Waals surface area contributed by atoms with Crippen molar-refractivity contribution in [3.05, 3.63) is 34.9 Å². The lowest BCUT2D eigenvalue weighted by atomic mass is 10.1. The molecule has 1 aromatic heterocycles. The summed E-state index contributed by atoms with van der Waals surface area (Å²) >= 11 is 6.26. The average molecular weight is 276 g/mol. The molecule has 19 heavy (non-hydrogen) atoms. The first-order valence-electron chi connectivity index (χ1n) is 6.76. The van der Waals surface area contributed by atoms with E-state index in [0.717, 1.165) is 35.4 Å². The van der Waals surface area contributed by atoms with Gasteiger partial charge in [-0.3, -0.25) is 0 Å². The molecular weight excluding hydrogens is 258 g/mol. The van der Waals surface area contributed by atoms with E-state index in [9.17, 15) is 0 Å². The van der Waals surface area contributed by atoms with Crippen LogP contribution in [0.25, 0.3) is 10.9 Å². The predicted octanol–water partition coefficient (Wildman–Crippen LogP) is 3.51. The van der Waals surface area contributed by atoms with Crippen LogP contribution in [0.5, 0.6) is 0 Å². The zero-order valence-electron chi connectivity index (χ0n) is 11.1. The first-order valence-corrected chi connectivity index (χ1v) is 7.14. The molecule has 3 rings (SSSR count). The van der Waals surface area contributed by atoms with E-state index in [1.807, 2.05) is 25.1 Å². The van der Waals surface area contributed by atoms with E-state index in [4.69, 9.17) is 22.3 Å². The Labute approximate surface area is 118 Å². The Morgan fingerprint density at radius 2 is 2.05 bits per heavy atom. The maximum Gasteiger partial charge on any atom is 0.134 e. The number of pyridine rings is 1. The van der Waals surface area contributed by atoms with Gasteiger partial charge >= 0.3 is 0 Å². The van der Waals surface area contributed by atoms with Crippen molar-refractivity contribution in [2.45, 2.75) is 25.8 Å². The monoisotopic (exact) mass is 275 g/mol. The standard InChI is InChI=1S/C15H18ClN3/c1-10(17)12-9-11-5-4-6-13(16)14(11)18-15(12)19-7-2-3-8-19/h4-6,9-10H,2-3,7-8,17H2,1H3/t10-/m0/s1. The fourth-order valence-electron chi connectivity index (χ4n) is 2.69. The van der Waals surface area contributed by atoms with E-state index in [0.29, 0.717) is 5.02 Å². The van der Waals surface area contributed by atoms with Gasteiger partial charge in [0, 0.05) is 30.1 Å². The number of para-hydroxylation sites is 1. The van der Waals surface area contributed by atoms with E-state index < -0.39 is 0 Å². The summed E-state index contributed by atoms with van der Waals surface area (Å²) in [5.74, 6) is 1.01. The molecule has 0 aliphatic carbocycles. The van der Waals surface area contributed by atoms with Crippen LogP contribution >= 0.6 is 11.6 Å². The van der Waals surface area contributed by atoms with Crippen LogP contribution in [0.1, 0.15) is 31.4 Å². The largest absolute Gasteiger partial charge is 0.356 e. The van der Waals surface area contributed by atoms with Crippen molar-refractivity contribution in [1.29, 1.82) is 0 Å². The minimum absolute atomic E-state index is 0.0218. The third-order valence-corrected chi connectivity index (χ3v) is 4.01. The fraction of sp³-hybridized carbons (Fsp3) is 0.400. The molecule has 1 aliphatic heterocycles. The predicted molar refractivity (Wildman–Crippen MR) is 80.8 cm³/mol. The summed E-state index contributed by atoms with van der Waals surface area (Å²) in [7, 11) is 0. The van der Waals surface area contributed by atoms with E-state index in [1.54, 1.807) is 0 Å². The lowest BCUT2D eigenvalue weighted by molar-refractivity contribution is 0.798. The van der Waals surface area contributed by atoms with Gasteiger partial charge in [-0.15, -0.1) is 0 Å². The molecule has 0 unspecified atom stereocenters. The van der Waals surface area contributed by atoms with Gasteiger partial charge in [0.2, 0.25) is 0 Å². The van der Waals surface area contributed by atoms with Crippen molar-refractivity contribution >= 4 is 28.3 Å². The molecule has 0 bridgehead atoms. The van der Waals surface area contributed by atoms with Gasteiger partial charge in [-0.25, -0.2) is 4.98 Å². The normalized spacial score (nSPS) is 17.1. The zero-order chi connectivity index (χ0) is 13.4. The van der Waals surface area contributed by atoms with E-state index in [2.05, 4.69) is 11.0 Å². The van der Waals surface area contributed by atoms with E-state index in [-0.39, 0.29) is 6.04 Å². The van der Waals surface area contributed by atoms with Gasteiger partial charge in [-0.05, 0) is 31.9 Å². The zero-order valence-corrected chi connectivity index (χ0v) is 11.8. The molecule has 3 nitrogen and oxygen atoms in total. The summed E-state index contributed by atoms with van der Waals surface area (Å²) in [6, 6.07) is 7.98. The molecule has 1 fully saturated rings. The molecule has 4 heteroatoms. The number of aromatic nitrogens is 1. The van der Waals surface area contributed by atoms with Gasteiger partial charge in [0.25, 0.3) is 0 Å². The molecule has 0 saturated carbocycles. The van der Waals surface area contributed by atoms with Crippen molar-refractivity contribution in [2.24, 2.45) is 5.73 Å². The topological polar surface area (TPSA) is 42.1 Å².